The predicted molar refractivity (Wildman–Crippen MR) is 50.3 cm³/mol. The molecule has 0 spiro atoms. The molecule has 0 aliphatic rings. The molecule has 0 aromatic heterocycles. The summed E-state index contributed by atoms with van der Waals surface area (Å²) in [7, 11) is 0. The van der Waals surface area contributed by atoms with Crippen LogP contribution < -0.4 is 11.1 Å². The molecular weight excluding hydrogens is 154 g/mol. The van der Waals surface area contributed by atoms with E-state index in [2.05, 4.69) is 16.5 Å². The summed E-state index contributed by atoms with van der Waals surface area (Å²) in [6.07, 6.45) is 5.02. The smallest absolute Gasteiger partial charge is 0.156 e. The minimum atomic E-state index is -0.0692. The largest absolute Gasteiger partial charge is 0.409 e. The molecular formula is C8H17N3O. The van der Waals surface area contributed by atoms with Gasteiger partial charge in [0.05, 0.1) is 6.04 Å². The fourth-order valence-corrected chi connectivity index (χ4v) is 0.741. The van der Waals surface area contributed by atoms with Gasteiger partial charge in [0.2, 0.25) is 0 Å². The molecule has 1 atom stereocenters. The molecule has 0 aromatic rings. The standard InChI is InChI=1S/C8H17N3O/c1-3-4-5-6-10-7(2)8(9)11-12/h3-4,7,10,12H,5-6H2,1-2H3,(H2,9,11)/b4-3+. The second-order valence-electron chi connectivity index (χ2n) is 2.56. The van der Waals surface area contributed by atoms with Crippen LogP contribution in [-0.2, 0) is 0 Å². The van der Waals surface area contributed by atoms with Gasteiger partial charge in [0.25, 0.3) is 0 Å². The first-order valence-corrected chi connectivity index (χ1v) is 4.04. The number of rotatable bonds is 5. The first-order valence-electron chi connectivity index (χ1n) is 4.04. The van der Waals surface area contributed by atoms with Gasteiger partial charge in [0.1, 0.15) is 0 Å². The highest BCUT2D eigenvalue weighted by Crippen LogP contribution is 1.84. The van der Waals surface area contributed by atoms with Crippen molar-refractivity contribution in [3.05, 3.63) is 12.2 Å². The van der Waals surface area contributed by atoms with Crippen LogP contribution in [0.4, 0.5) is 0 Å². The third-order valence-corrected chi connectivity index (χ3v) is 1.56. The first kappa shape index (κ1) is 11.0. The van der Waals surface area contributed by atoms with Crippen molar-refractivity contribution in [2.24, 2.45) is 10.9 Å². The first-order chi connectivity index (χ1) is 5.72. The van der Waals surface area contributed by atoms with Gasteiger partial charge in [-0.1, -0.05) is 17.3 Å². The Morgan fingerprint density at radius 2 is 2.42 bits per heavy atom. The van der Waals surface area contributed by atoms with E-state index in [-0.39, 0.29) is 11.9 Å². The zero-order valence-corrected chi connectivity index (χ0v) is 7.62. The van der Waals surface area contributed by atoms with E-state index in [1.807, 2.05) is 19.9 Å². The van der Waals surface area contributed by atoms with Crippen LogP contribution in [0.2, 0.25) is 0 Å². The maximum absolute atomic E-state index is 8.32. The van der Waals surface area contributed by atoms with Crippen molar-refractivity contribution >= 4 is 5.84 Å². The van der Waals surface area contributed by atoms with Crippen LogP contribution >= 0.6 is 0 Å². The maximum atomic E-state index is 8.32. The van der Waals surface area contributed by atoms with Crippen molar-refractivity contribution in [2.75, 3.05) is 6.54 Å². The Hall–Kier alpha value is -1.03. The SMILES string of the molecule is C/C=C/CCNC(C)/C(N)=N/O. The zero-order valence-electron chi connectivity index (χ0n) is 7.62. The van der Waals surface area contributed by atoms with Crippen molar-refractivity contribution in [3.8, 4) is 0 Å². The van der Waals surface area contributed by atoms with Crippen LogP contribution in [0.1, 0.15) is 20.3 Å². The van der Waals surface area contributed by atoms with E-state index in [0.717, 1.165) is 13.0 Å². The second-order valence-corrected chi connectivity index (χ2v) is 2.56. The summed E-state index contributed by atoms with van der Waals surface area (Å²) in [6, 6.07) is -0.0692. The normalized spacial score (nSPS) is 15.3. The van der Waals surface area contributed by atoms with E-state index in [1.165, 1.54) is 0 Å². The summed E-state index contributed by atoms with van der Waals surface area (Å²) in [4.78, 5) is 0. The van der Waals surface area contributed by atoms with Gasteiger partial charge < -0.3 is 16.3 Å². The number of amidine groups is 1. The van der Waals surface area contributed by atoms with Crippen molar-refractivity contribution < 1.29 is 5.21 Å². The Labute approximate surface area is 73.1 Å². The fraction of sp³-hybridized carbons (Fsp3) is 0.625. The van der Waals surface area contributed by atoms with Crippen molar-refractivity contribution in [2.45, 2.75) is 26.3 Å². The van der Waals surface area contributed by atoms with E-state index in [1.54, 1.807) is 0 Å². The highest BCUT2D eigenvalue weighted by molar-refractivity contribution is 5.84. The lowest BCUT2D eigenvalue weighted by Gasteiger charge is -2.10. The van der Waals surface area contributed by atoms with E-state index in [4.69, 9.17) is 10.9 Å². The average molecular weight is 171 g/mol. The molecule has 0 saturated heterocycles. The number of hydrogen-bond donors (Lipinski definition) is 3. The summed E-state index contributed by atoms with van der Waals surface area (Å²) >= 11 is 0. The minimum absolute atomic E-state index is 0.0692. The fourth-order valence-electron chi connectivity index (χ4n) is 0.741. The van der Waals surface area contributed by atoms with E-state index < -0.39 is 0 Å². The summed E-state index contributed by atoms with van der Waals surface area (Å²) in [6.45, 7) is 4.67. The zero-order chi connectivity index (χ0) is 9.40. The van der Waals surface area contributed by atoms with Gasteiger partial charge in [-0.15, -0.1) is 0 Å². The van der Waals surface area contributed by atoms with Gasteiger partial charge in [-0.2, -0.15) is 0 Å². The summed E-state index contributed by atoms with van der Waals surface area (Å²) in [5, 5.41) is 14.3. The predicted octanol–water partition coefficient (Wildman–Crippen LogP) is 0.677. The Bertz CT molecular complexity index is 166. The van der Waals surface area contributed by atoms with E-state index in [9.17, 15) is 0 Å². The molecule has 0 aliphatic heterocycles. The number of hydrogen-bond acceptors (Lipinski definition) is 3. The van der Waals surface area contributed by atoms with Gasteiger partial charge in [0, 0.05) is 0 Å². The van der Waals surface area contributed by atoms with Crippen LogP contribution in [0.3, 0.4) is 0 Å². The molecule has 0 saturated carbocycles. The van der Waals surface area contributed by atoms with Crippen molar-refractivity contribution in [3.63, 3.8) is 0 Å². The Kier molecular flexibility index (Phi) is 6.09. The van der Waals surface area contributed by atoms with E-state index >= 15 is 0 Å². The molecule has 0 rings (SSSR count). The van der Waals surface area contributed by atoms with Gasteiger partial charge in [-0.25, -0.2) is 0 Å². The van der Waals surface area contributed by atoms with Crippen LogP contribution in [0.15, 0.2) is 17.3 Å². The molecule has 4 heteroatoms. The highest BCUT2D eigenvalue weighted by atomic mass is 16.4. The van der Waals surface area contributed by atoms with Gasteiger partial charge in [-0.3, -0.25) is 0 Å². The molecule has 4 N–H and O–H groups in total. The lowest BCUT2D eigenvalue weighted by molar-refractivity contribution is 0.315. The monoisotopic (exact) mass is 171 g/mol. The Morgan fingerprint density at radius 3 is 2.92 bits per heavy atom. The lowest BCUT2D eigenvalue weighted by Crippen LogP contribution is -2.39. The molecule has 0 bridgehead atoms. The molecule has 12 heavy (non-hydrogen) atoms. The summed E-state index contributed by atoms with van der Waals surface area (Å²) < 4.78 is 0. The van der Waals surface area contributed by atoms with Gasteiger partial charge >= 0.3 is 0 Å². The maximum Gasteiger partial charge on any atom is 0.156 e. The molecule has 0 heterocycles. The molecule has 0 amide bonds. The molecule has 0 radical (unpaired) electrons. The van der Waals surface area contributed by atoms with Crippen LogP contribution in [0.5, 0.6) is 0 Å². The molecule has 0 aliphatic carbocycles. The summed E-state index contributed by atoms with van der Waals surface area (Å²) in [5.41, 5.74) is 5.35. The second kappa shape index (κ2) is 6.67. The van der Waals surface area contributed by atoms with Crippen LogP contribution in [0.25, 0.3) is 0 Å². The third kappa shape index (κ3) is 4.73. The van der Waals surface area contributed by atoms with Crippen molar-refractivity contribution in [1.29, 1.82) is 0 Å². The van der Waals surface area contributed by atoms with Crippen molar-refractivity contribution in [1.82, 2.24) is 5.32 Å². The van der Waals surface area contributed by atoms with E-state index in [0.29, 0.717) is 0 Å². The number of nitrogens with two attached hydrogens (primary N) is 1. The number of allylic oxidation sites excluding steroid dienone is 1. The van der Waals surface area contributed by atoms with Crippen LogP contribution in [0, 0.1) is 0 Å². The number of oxime groups is 1. The molecule has 1 unspecified atom stereocenters. The minimum Gasteiger partial charge on any atom is -0.409 e. The topological polar surface area (TPSA) is 70.6 Å². The number of nitrogens with zero attached hydrogens (tertiary/aromatic N) is 1. The summed E-state index contributed by atoms with van der Waals surface area (Å²) in [5.74, 6) is 0.218. The lowest BCUT2D eigenvalue weighted by atomic mass is 10.3. The number of nitrogens with one attached hydrogen (secondary N) is 1. The molecule has 0 fully saturated rings. The quantitative estimate of drug-likeness (QED) is 0.142. The average Bonchev–Trinajstić information content (AvgIpc) is 2.10. The molecule has 0 aromatic carbocycles. The highest BCUT2D eigenvalue weighted by Gasteiger charge is 2.03. The van der Waals surface area contributed by atoms with Gasteiger partial charge in [0.15, 0.2) is 5.84 Å². The third-order valence-electron chi connectivity index (χ3n) is 1.56. The van der Waals surface area contributed by atoms with Crippen LogP contribution in [-0.4, -0.2) is 23.6 Å². The molecule has 70 valence electrons. The van der Waals surface area contributed by atoms with Gasteiger partial charge in [-0.05, 0) is 26.8 Å². The molecule has 4 nitrogen and oxygen atoms in total. The Morgan fingerprint density at radius 1 is 1.75 bits per heavy atom. The Balaban J connectivity index is 3.50.